The molecule has 2 rings (SSSR count). The van der Waals surface area contributed by atoms with E-state index in [4.69, 9.17) is 0 Å². The lowest BCUT2D eigenvalue weighted by atomic mass is 9.79. The number of hydrogen-bond donors (Lipinski definition) is 1. The molecule has 5 unspecified atom stereocenters. The molecular formula is C16H31NO. The number of aliphatic hydroxyl groups excluding tert-OH is 1. The summed E-state index contributed by atoms with van der Waals surface area (Å²) in [6, 6.07) is 0.449. The van der Waals surface area contributed by atoms with Crippen molar-refractivity contribution in [2.75, 3.05) is 13.1 Å². The van der Waals surface area contributed by atoms with Gasteiger partial charge in [-0.05, 0) is 50.0 Å². The molecule has 0 radical (unpaired) electrons. The first-order valence-corrected chi connectivity index (χ1v) is 8.04. The van der Waals surface area contributed by atoms with Crippen molar-refractivity contribution in [2.45, 2.75) is 71.4 Å². The van der Waals surface area contributed by atoms with Crippen LogP contribution in [0.1, 0.15) is 59.3 Å². The van der Waals surface area contributed by atoms with E-state index in [9.17, 15) is 5.11 Å². The highest BCUT2D eigenvalue weighted by Crippen LogP contribution is 2.34. The van der Waals surface area contributed by atoms with Crippen LogP contribution in [-0.4, -0.2) is 35.2 Å². The summed E-state index contributed by atoms with van der Waals surface area (Å²) in [6.07, 6.45) is 7.38. The van der Waals surface area contributed by atoms with Gasteiger partial charge in [-0.1, -0.05) is 33.6 Å². The summed E-state index contributed by atoms with van der Waals surface area (Å²) in [6.45, 7) is 9.42. The van der Waals surface area contributed by atoms with Gasteiger partial charge in [0.2, 0.25) is 0 Å². The zero-order valence-corrected chi connectivity index (χ0v) is 12.4. The van der Waals surface area contributed by atoms with Crippen LogP contribution in [0.5, 0.6) is 0 Å². The fourth-order valence-corrected chi connectivity index (χ4v) is 3.87. The monoisotopic (exact) mass is 253 g/mol. The zero-order valence-electron chi connectivity index (χ0n) is 12.4. The van der Waals surface area contributed by atoms with Gasteiger partial charge in [0.15, 0.2) is 0 Å². The van der Waals surface area contributed by atoms with Crippen LogP contribution in [0.15, 0.2) is 0 Å². The molecule has 2 heteroatoms. The van der Waals surface area contributed by atoms with Crippen LogP contribution in [0, 0.1) is 17.8 Å². The second-order valence-electron chi connectivity index (χ2n) is 6.84. The first-order chi connectivity index (χ1) is 8.61. The second kappa shape index (κ2) is 6.38. The highest BCUT2D eigenvalue weighted by Gasteiger charge is 2.35. The van der Waals surface area contributed by atoms with E-state index in [0.29, 0.717) is 6.04 Å². The van der Waals surface area contributed by atoms with E-state index in [2.05, 4.69) is 25.7 Å². The van der Waals surface area contributed by atoms with Crippen molar-refractivity contribution in [1.29, 1.82) is 0 Å². The molecule has 1 aliphatic heterocycles. The smallest absolute Gasteiger partial charge is 0.0695 e. The average molecular weight is 253 g/mol. The van der Waals surface area contributed by atoms with E-state index in [1.165, 1.54) is 45.2 Å². The van der Waals surface area contributed by atoms with Gasteiger partial charge < -0.3 is 5.11 Å². The number of likely N-dealkylation sites (tertiary alicyclic amines) is 1. The number of rotatable bonds is 3. The molecule has 0 aromatic heterocycles. The van der Waals surface area contributed by atoms with Gasteiger partial charge in [-0.3, -0.25) is 4.90 Å². The van der Waals surface area contributed by atoms with Crippen molar-refractivity contribution in [3.8, 4) is 0 Å². The third-order valence-electron chi connectivity index (χ3n) is 5.42. The second-order valence-corrected chi connectivity index (χ2v) is 6.84. The summed E-state index contributed by atoms with van der Waals surface area (Å²) in [5.74, 6) is 2.50. The Bertz CT molecular complexity index is 255. The maximum Gasteiger partial charge on any atom is 0.0695 e. The van der Waals surface area contributed by atoms with Gasteiger partial charge >= 0.3 is 0 Å². The van der Waals surface area contributed by atoms with Crippen LogP contribution in [0.2, 0.25) is 0 Å². The molecule has 1 N–H and O–H groups in total. The largest absolute Gasteiger partial charge is 0.391 e. The summed E-state index contributed by atoms with van der Waals surface area (Å²) in [7, 11) is 0. The molecule has 2 nitrogen and oxygen atoms in total. The van der Waals surface area contributed by atoms with Crippen molar-refractivity contribution in [3.63, 3.8) is 0 Å². The summed E-state index contributed by atoms with van der Waals surface area (Å²) in [5.41, 5.74) is 0. The van der Waals surface area contributed by atoms with Gasteiger partial charge in [0.05, 0.1) is 6.10 Å². The lowest BCUT2D eigenvalue weighted by Crippen LogP contribution is -2.52. The normalized spacial score (nSPS) is 43.0. The standard InChI is InChI=1S/C16H31NO/c1-4-5-14-6-7-16(18)15(10-14)17-9-8-12(2)13(3)11-17/h12-16,18H,4-11H2,1-3H3. The topological polar surface area (TPSA) is 23.5 Å². The molecule has 5 atom stereocenters. The first kappa shape index (κ1) is 14.3. The molecule has 0 amide bonds. The average Bonchev–Trinajstić information content (AvgIpc) is 2.35. The highest BCUT2D eigenvalue weighted by atomic mass is 16.3. The first-order valence-electron chi connectivity index (χ1n) is 8.04. The molecule has 2 fully saturated rings. The highest BCUT2D eigenvalue weighted by molar-refractivity contribution is 4.89. The number of piperidine rings is 1. The third-order valence-corrected chi connectivity index (χ3v) is 5.42. The Kier molecular flexibility index (Phi) is 5.08. The SMILES string of the molecule is CCCC1CCC(O)C(N2CCC(C)C(C)C2)C1. The van der Waals surface area contributed by atoms with E-state index < -0.39 is 0 Å². The molecule has 0 spiro atoms. The Morgan fingerprint density at radius 1 is 1.11 bits per heavy atom. The van der Waals surface area contributed by atoms with Crippen molar-refractivity contribution in [3.05, 3.63) is 0 Å². The van der Waals surface area contributed by atoms with Gasteiger partial charge in [-0.15, -0.1) is 0 Å². The summed E-state index contributed by atoms with van der Waals surface area (Å²) in [4.78, 5) is 2.59. The van der Waals surface area contributed by atoms with E-state index in [0.717, 1.165) is 24.2 Å². The molecule has 1 aliphatic carbocycles. The van der Waals surface area contributed by atoms with Crippen molar-refractivity contribution in [2.24, 2.45) is 17.8 Å². The van der Waals surface area contributed by atoms with Gasteiger partial charge in [0.25, 0.3) is 0 Å². The quantitative estimate of drug-likeness (QED) is 0.834. The van der Waals surface area contributed by atoms with Crippen molar-refractivity contribution < 1.29 is 5.11 Å². The summed E-state index contributed by atoms with van der Waals surface area (Å²) in [5, 5.41) is 10.3. The maximum absolute atomic E-state index is 10.3. The number of hydrogen-bond acceptors (Lipinski definition) is 2. The van der Waals surface area contributed by atoms with Crippen LogP contribution in [-0.2, 0) is 0 Å². The molecule has 1 saturated heterocycles. The third kappa shape index (κ3) is 3.27. The van der Waals surface area contributed by atoms with Crippen LogP contribution in [0.3, 0.4) is 0 Å². The van der Waals surface area contributed by atoms with E-state index >= 15 is 0 Å². The minimum Gasteiger partial charge on any atom is -0.391 e. The lowest BCUT2D eigenvalue weighted by Gasteiger charge is -2.45. The van der Waals surface area contributed by atoms with Gasteiger partial charge in [-0.2, -0.15) is 0 Å². The molecule has 2 aliphatic rings. The van der Waals surface area contributed by atoms with Crippen LogP contribution in [0.4, 0.5) is 0 Å². The zero-order chi connectivity index (χ0) is 13.1. The fraction of sp³-hybridized carbons (Fsp3) is 1.00. The Balaban J connectivity index is 1.93. The summed E-state index contributed by atoms with van der Waals surface area (Å²) < 4.78 is 0. The number of aliphatic hydroxyl groups is 1. The molecule has 18 heavy (non-hydrogen) atoms. The Morgan fingerprint density at radius 3 is 2.56 bits per heavy atom. The maximum atomic E-state index is 10.3. The fourth-order valence-electron chi connectivity index (χ4n) is 3.87. The van der Waals surface area contributed by atoms with E-state index in [1.807, 2.05) is 0 Å². The molecule has 1 saturated carbocycles. The van der Waals surface area contributed by atoms with Crippen LogP contribution < -0.4 is 0 Å². The van der Waals surface area contributed by atoms with Crippen molar-refractivity contribution in [1.82, 2.24) is 4.90 Å². The minimum absolute atomic E-state index is 0.0706. The van der Waals surface area contributed by atoms with Gasteiger partial charge in [0, 0.05) is 12.6 Å². The molecule has 0 aromatic carbocycles. The molecule has 0 aromatic rings. The van der Waals surface area contributed by atoms with Gasteiger partial charge in [-0.25, -0.2) is 0 Å². The Hall–Kier alpha value is -0.0800. The van der Waals surface area contributed by atoms with E-state index in [-0.39, 0.29) is 6.10 Å². The van der Waals surface area contributed by atoms with Crippen LogP contribution in [0.25, 0.3) is 0 Å². The molecule has 0 bridgehead atoms. The molecular weight excluding hydrogens is 222 g/mol. The van der Waals surface area contributed by atoms with E-state index in [1.54, 1.807) is 0 Å². The predicted octanol–water partition coefficient (Wildman–Crippen LogP) is 3.29. The van der Waals surface area contributed by atoms with Gasteiger partial charge in [0.1, 0.15) is 0 Å². The summed E-state index contributed by atoms with van der Waals surface area (Å²) >= 11 is 0. The Morgan fingerprint density at radius 2 is 1.89 bits per heavy atom. The predicted molar refractivity (Wildman–Crippen MR) is 76.6 cm³/mol. The molecule has 106 valence electrons. The number of nitrogens with zero attached hydrogens (tertiary/aromatic N) is 1. The van der Waals surface area contributed by atoms with Crippen LogP contribution >= 0.6 is 0 Å². The molecule has 1 heterocycles. The minimum atomic E-state index is -0.0706. The van der Waals surface area contributed by atoms with Crippen molar-refractivity contribution >= 4 is 0 Å². The Labute approximate surface area is 113 Å². The lowest BCUT2D eigenvalue weighted by molar-refractivity contribution is -0.0221.